The lowest BCUT2D eigenvalue weighted by atomic mass is 9.84. The van der Waals surface area contributed by atoms with E-state index in [9.17, 15) is 32.3 Å². The van der Waals surface area contributed by atoms with E-state index in [0.29, 0.717) is 64.8 Å². The van der Waals surface area contributed by atoms with Crippen molar-refractivity contribution in [1.82, 2.24) is 30.2 Å². The third-order valence-electron chi connectivity index (χ3n) is 12.7. The molecule has 5 heterocycles. The molecule has 2 saturated heterocycles. The highest BCUT2D eigenvalue weighted by atomic mass is 19.4. The molecule has 354 valence electrons. The maximum Gasteiger partial charge on any atom is 0.406 e. The fraction of sp³-hybridized carbons (Fsp3) is 0.490. The van der Waals surface area contributed by atoms with Crippen LogP contribution in [0, 0.1) is 23.1 Å². The van der Waals surface area contributed by atoms with E-state index < -0.39 is 65.8 Å². The molecular weight excluding hydrogens is 861 g/mol. The van der Waals surface area contributed by atoms with Crippen molar-refractivity contribution >= 4 is 34.6 Å². The number of methoxy groups -OCH3 is 1. The Morgan fingerprint density at radius 1 is 1.09 bits per heavy atom. The van der Waals surface area contributed by atoms with Gasteiger partial charge >= 0.3 is 12.1 Å². The molecule has 2 N–H and O–H groups in total. The average Bonchev–Trinajstić information content (AvgIpc) is 3.53. The maximum absolute atomic E-state index is 15.9. The van der Waals surface area contributed by atoms with Crippen molar-refractivity contribution in [2.24, 2.45) is 17.3 Å². The van der Waals surface area contributed by atoms with E-state index >= 15 is 4.39 Å². The Morgan fingerprint density at radius 2 is 1.85 bits per heavy atom. The number of likely N-dealkylation sites (tertiary alicyclic amines) is 1. The molecule has 17 heteroatoms. The zero-order chi connectivity index (χ0) is 47.7. The van der Waals surface area contributed by atoms with Crippen LogP contribution >= 0.6 is 0 Å². The summed E-state index contributed by atoms with van der Waals surface area (Å²) in [6, 6.07) is 10.5. The molecule has 7 rings (SSSR count). The molecule has 0 saturated carbocycles. The van der Waals surface area contributed by atoms with Crippen LogP contribution in [0.2, 0.25) is 0 Å². The number of rotatable bonds is 11. The lowest BCUT2D eigenvalue weighted by Gasteiger charge is -2.39. The summed E-state index contributed by atoms with van der Waals surface area (Å²) in [5.74, 6) is -3.40. The van der Waals surface area contributed by atoms with Crippen LogP contribution < -0.4 is 10.7 Å². The number of benzene rings is 2. The number of halogens is 4. The van der Waals surface area contributed by atoms with Crippen LogP contribution in [0.25, 0.3) is 33.3 Å². The van der Waals surface area contributed by atoms with Crippen LogP contribution in [-0.2, 0) is 52.8 Å². The third-order valence-corrected chi connectivity index (χ3v) is 12.7. The minimum absolute atomic E-state index is 0.0198. The number of hydrogen-bond donors (Lipinski definition) is 2. The molecule has 6 bridgehead atoms. The highest BCUT2D eigenvalue weighted by molar-refractivity contribution is 5.95. The molecule has 0 aliphatic carbocycles. The molecule has 3 amide bonds. The summed E-state index contributed by atoms with van der Waals surface area (Å²) >= 11 is 0. The number of cyclic esters (lactones) is 1. The molecule has 0 spiro atoms. The Kier molecular flexibility index (Phi) is 14.4. The van der Waals surface area contributed by atoms with E-state index in [1.807, 2.05) is 27.7 Å². The highest BCUT2D eigenvalue weighted by Crippen LogP contribution is 2.43. The largest absolute Gasteiger partial charge is 0.464 e. The highest BCUT2D eigenvalue weighted by Gasteiger charge is 2.39. The molecule has 4 atom stereocenters. The van der Waals surface area contributed by atoms with Gasteiger partial charge in [0.15, 0.2) is 0 Å². The van der Waals surface area contributed by atoms with Crippen molar-refractivity contribution < 1.29 is 51.0 Å². The number of carbonyl (C=O) groups is 4. The van der Waals surface area contributed by atoms with Gasteiger partial charge in [0, 0.05) is 61.2 Å². The van der Waals surface area contributed by atoms with Gasteiger partial charge in [0.25, 0.3) is 5.91 Å². The standard InChI is InChI=1S/C49H58F4N6O7/c1-8-42(60)57-23-34(24-57)65-25-38(28(2)3)45(61)55-40-19-30-17-32(20-33(50)18-30)31-13-14-41-36(21-31)37(22-48(5,6)27-66-47(63)39-12-10-16-59(56-39)46(40)62)44(58(41)26-49(51,52)53)35-11-9-15-54-43(35)29(4)64-7/h8-9,11,13-15,17-18,20-21,28-29,34,38-40,56H,1,10,12,16,19,22-27H2,2-7H3,(H,55,61)/t29?,38-,39-,40-/m0/s1. The Morgan fingerprint density at radius 3 is 2.55 bits per heavy atom. The first-order valence-electron chi connectivity index (χ1n) is 22.3. The summed E-state index contributed by atoms with van der Waals surface area (Å²) < 4.78 is 78.7. The minimum Gasteiger partial charge on any atom is -0.464 e. The van der Waals surface area contributed by atoms with Gasteiger partial charge in [-0.25, -0.2) is 9.82 Å². The second kappa shape index (κ2) is 19.7. The Labute approximate surface area is 381 Å². The number of alkyl halides is 3. The monoisotopic (exact) mass is 918 g/mol. The lowest BCUT2D eigenvalue weighted by Crippen LogP contribution is -2.61. The van der Waals surface area contributed by atoms with Crippen molar-refractivity contribution in [2.75, 3.05) is 40.0 Å². The molecule has 2 aromatic heterocycles. The number of fused-ring (bicyclic) bond motifs is 6. The second-order valence-corrected chi connectivity index (χ2v) is 18.7. The van der Waals surface area contributed by atoms with E-state index in [4.69, 9.17) is 14.2 Å². The van der Waals surface area contributed by atoms with Gasteiger partial charge in [-0.05, 0) is 96.8 Å². The number of esters is 1. The SMILES string of the molecule is C=CC(=O)N1CC(OC[C@H](C(=O)N[C@H]2Cc3cc(F)cc(c3)-c3ccc4c(c3)c(c(-c3cccnc3C(C)OC)n4CC(F)(F)F)CC(C)(C)COC(=O)[C@@H]3CCCN(N3)C2=O)C(C)C)C1. The van der Waals surface area contributed by atoms with Gasteiger partial charge in [0.05, 0.1) is 42.7 Å². The number of aromatic nitrogens is 2. The van der Waals surface area contributed by atoms with E-state index in [2.05, 4.69) is 22.3 Å². The Bertz CT molecular complexity index is 2480. The number of pyridine rings is 1. The van der Waals surface area contributed by atoms with Crippen molar-refractivity contribution in [2.45, 2.75) is 97.3 Å². The first kappa shape index (κ1) is 48.3. The van der Waals surface area contributed by atoms with Gasteiger partial charge in [-0.3, -0.25) is 29.2 Å². The lowest BCUT2D eigenvalue weighted by molar-refractivity contribution is -0.155. The quantitative estimate of drug-likeness (QED) is 0.0914. The summed E-state index contributed by atoms with van der Waals surface area (Å²) in [5.41, 5.74) is 5.42. The van der Waals surface area contributed by atoms with Crippen LogP contribution in [0.3, 0.4) is 0 Å². The number of hydrogen-bond acceptors (Lipinski definition) is 9. The van der Waals surface area contributed by atoms with Crippen molar-refractivity contribution in [3.63, 3.8) is 0 Å². The third kappa shape index (κ3) is 10.8. The number of amides is 3. The van der Waals surface area contributed by atoms with Crippen molar-refractivity contribution in [1.29, 1.82) is 0 Å². The molecule has 1 unspecified atom stereocenters. The van der Waals surface area contributed by atoms with Crippen LogP contribution in [0.1, 0.15) is 70.4 Å². The summed E-state index contributed by atoms with van der Waals surface area (Å²) in [5, 5.41) is 4.71. The van der Waals surface area contributed by atoms with Crippen molar-refractivity contribution in [3.05, 3.63) is 90.0 Å². The fourth-order valence-corrected chi connectivity index (χ4v) is 9.00. The van der Waals surface area contributed by atoms with Gasteiger partial charge in [0.2, 0.25) is 11.8 Å². The Balaban J connectivity index is 1.33. The molecule has 2 aromatic carbocycles. The molecule has 3 aliphatic heterocycles. The molecule has 4 aromatic rings. The predicted octanol–water partition coefficient (Wildman–Crippen LogP) is 7.11. The zero-order valence-corrected chi connectivity index (χ0v) is 38.2. The van der Waals surface area contributed by atoms with E-state index in [-0.39, 0.29) is 61.7 Å². The smallest absolute Gasteiger partial charge is 0.406 e. The van der Waals surface area contributed by atoms with Crippen LogP contribution in [0.4, 0.5) is 17.6 Å². The van der Waals surface area contributed by atoms with Gasteiger partial charge < -0.3 is 29.0 Å². The fourth-order valence-electron chi connectivity index (χ4n) is 9.00. The average molecular weight is 919 g/mol. The van der Waals surface area contributed by atoms with Gasteiger partial charge in [0.1, 0.15) is 24.4 Å². The van der Waals surface area contributed by atoms with E-state index in [1.54, 1.807) is 54.4 Å². The molecule has 2 fully saturated rings. The van der Waals surface area contributed by atoms with Gasteiger partial charge in [-0.1, -0.05) is 46.4 Å². The predicted molar refractivity (Wildman–Crippen MR) is 239 cm³/mol. The molecular formula is C49H58F4N6O7. The minimum atomic E-state index is -4.63. The molecule has 3 aliphatic rings. The van der Waals surface area contributed by atoms with Crippen LogP contribution in [0.15, 0.2) is 67.4 Å². The summed E-state index contributed by atoms with van der Waals surface area (Å²) in [4.78, 5) is 60.6. The first-order chi connectivity index (χ1) is 31.2. The van der Waals surface area contributed by atoms with Crippen molar-refractivity contribution in [3.8, 4) is 22.4 Å². The molecule has 13 nitrogen and oxygen atoms in total. The van der Waals surface area contributed by atoms with E-state index in [1.165, 1.54) is 34.9 Å². The maximum atomic E-state index is 15.9. The van der Waals surface area contributed by atoms with Crippen LogP contribution in [0.5, 0.6) is 0 Å². The molecule has 66 heavy (non-hydrogen) atoms. The topological polar surface area (TPSA) is 144 Å². The number of nitrogens with one attached hydrogen (secondary N) is 2. The summed E-state index contributed by atoms with van der Waals surface area (Å²) in [7, 11) is 1.50. The summed E-state index contributed by atoms with van der Waals surface area (Å²) in [6.45, 7) is 12.2. The Hall–Kier alpha value is -5.65. The van der Waals surface area contributed by atoms with Crippen LogP contribution in [-0.4, -0.2) is 107 Å². The van der Waals surface area contributed by atoms with Gasteiger partial charge in [-0.2, -0.15) is 13.2 Å². The molecule has 0 radical (unpaired) electrons. The zero-order valence-electron chi connectivity index (χ0n) is 38.2. The first-order valence-corrected chi connectivity index (χ1v) is 22.3. The van der Waals surface area contributed by atoms with Gasteiger partial charge in [-0.15, -0.1) is 0 Å². The summed E-state index contributed by atoms with van der Waals surface area (Å²) in [6.07, 6.45) is -1.91. The normalized spacial score (nSPS) is 20.3. The number of carbonyl (C=O) groups excluding carboxylic acids is 4. The van der Waals surface area contributed by atoms with E-state index in [0.717, 1.165) is 0 Å². The number of ether oxygens (including phenoxy) is 3. The second-order valence-electron chi connectivity index (χ2n) is 18.7. The number of hydrazine groups is 1. The number of nitrogens with zero attached hydrogens (tertiary/aromatic N) is 4.